The number of anilines is 2. The van der Waals surface area contributed by atoms with E-state index in [9.17, 15) is 14.4 Å². The van der Waals surface area contributed by atoms with Crippen LogP contribution in [0.4, 0.5) is 11.4 Å². The van der Waals surface area contributed by atoms with Crippen molar-refractivity contribution in [2.75, 3.05) is 10.6 Å². The fourth-order valence-corrected chi connectivity index (χ4v) is 2.72. The maximum Gasteiger partial charge on any atom is 0.338 e. The molecule has 3 aromatic rings. The number of aryl methyl sites for hydroxylation is 2. The molecule has 0 saturated carbocycles. The SMILES string of the molecule is Cc1cccc(NC(=O)C(C)OC(=O)c2ccc(C)c(NC(=O)c3ccco3)c2)c1. The first kappa shape index (κ1) is 20.9. The molecule has 154 valence electrons. The van der Waals surface area contributed by atoms with Crippen molar-refractivity contribution in [2.24, 2.45) is 0 Å². The molecular weight excluding hydrogens is 384 g/mol. The first-order valence-corrected chi connectivity index (χ1v) is 9.37. The molecule has 1 aromatic heterocycles. The Balaban J connectivity index is 1.65. The van der Waals surface area contributed by atoms with Gasteiger partial charge in [0.05, 0.1) is 11.8 Å². The predicted molar refractivity (Wildman–Crippen MR) is 113 cm³/mol. The quantitative estimate of drug-likeness (QED) is 0.594. The first-order chi connectivity index (χ1) is 14.3. The van der Waals surface area contributed by atoms with Crippen LogP contribution in [0.1, 0.15) is 39.0 Å². The van der Waals surface area contributed by atoms with E-state index < -0.39 is 23.9 Å². The summed E-state index contributed by atoms with van der Waals surface area (Å²) in [5, 5.41) is 5.42. The topological polar surface area (TPSA) is 97.6 Å². The molecule has 7 nitrogen and oxygen atoms in total. The van der Waals surface area contributed by atoms with Gasteiger partial charge in [-0.1, -0.05) is 18.2 Å². The van der Waals surface area contributed by atoms with Gasteiger partial charge >= 0.3 is 5.97 Å². The van der Waals surface area contributed by atoms with E-state index in [2.05, 4.69) is 10.6 Å². The Bertz CT molecular complexity index is 1070. The highest BCUT2D eigenvalue weighted by atomic mass is 16.5. The highest BCUT2D eigenvalue weighted by molar-refractivity contribution is 6.03. The van der Waals surface area contributed by atoms with Crippen molar-refractivity contribution in [3.8, 4) is 0 Å². The monoisotopic (exact) mass is 406 g/mol. The van der Waals surface area contributed by atoms with Gasteiger partial charge in [0.15, 0.2) is 11.9 Å². The van der Waals surface area contributed by atoms with Crippen LogP contribution in [-0.2, 0) is 9.53 Å². The molecule has 1 heterocycles. The number of nitrogens with one attached hydrogen (secondary N) is 2. The number of amides is 2. The average Bonchev–Trinajstić information content (AvgIpc) is 3.24. The zero-order chi connectivity index (χ0) is 21.7. The Labute approximate surface area is 174 Å². The van der Waals surface area contributed by atoms with Gasteiger partial charge in [0.25, 0.3) is 11.8 Å². The van der Waals surface area contributed by atoms with Gasteiger partial charge in [-0.2, -0.15) is 0 Å². The number of ether oxygens (including phenoxy) is 1. The van der Waals surface area contributed by atoms with Crippen LogP contribution in [0.3, 0.4) is 0 Å². The van der Waals surface area contributed by atoms with Crippen molar-refractivity contribution in [2.45, 2.75) is 26.9 Å². The number of esters is 1. The van der Waals surface area contributed by atoms with Gasteiger partial charge in [-0.05, 0) is 68.3 Å². The van der Waals surface area contributed by atoms with E-state index in [0.717, 1.165) is 11.1 Å². The van der Waals surface area contributed by atoms with E-state index in [1.165, 1.54) is 25.3 Å². The van der Waals surface area contributed by atoms with Crippen LogP contribution in [0.15, 0.2) is 65.3 Å². The van der Waals surface area contributed by atoms with Crippen LogP contribution < -0.4 is 10.6 Å². The largest absolute Gasteiger partial charge is 0.459 e. The van der Waals surface area contributed by atoms with E-state index in [1.54, 1.807) is 31.2 Å². The molecule has 0 radical (unpaired) electrons. The summed E-state index contributed by atoms with van der Waals surface area (Å²) in [5.74, 6) is -1.38. The van der Waals surface area contributed by atoms with Crippen molar-refractivity contribution < 1.29 is 23.5 Å². The predicted octanol–water partition coefficient (Wildman–Crippen LogP) is 4.33. The standard InChI is InChI=1S/C23H22N2O5/c1-14-6-4-7-18(12-14)24-21(26)16(3)30-23(28)17-10-9-15(2)19(13-17)25-22(27)20-8-5-11-29-20/h4-13,16H,1-3H3,(H,24,26)(H,25,27). The second-order valence-corrected chi connectivity index (χ2v) is 6.87. The summed E-state index contributed by atoms with van der Waals surface area (Å²) in [6.07, 6.45) is 0.402. The molecule has 3 rings (SSSR count). The molecule has 2 amide bonds. The molecule has 0 aliphatic carbocycles. The fourth-order valence-electron chi connectivity index (χ4n) is 2.72. The summed E-state index contributed by atoms with van der Waals surface area (Å²) in [7, 11) is 0. The Kier molecular flexibility index (Phi) is 6.32. The maximum atomic E-state index is 12.5. The normalized spacial score (nSPS) is 11.4. The number of furan rings is 1. The molecule has 7 heteroatoms. The van der Waals surface area contributed by atoms with Gasteiger partial charge in [0.2, 0.25) is 0 Å². The fraction of sp³-hybridized carbons (Fsp3) is 0.174. The van der Waals surface area contributed by atoms with Crippen LogP contribution in [-0.4, -0.2) is 23.9 Å². The molecule has 2 N–H and O–H groups in total. The molecule has 0 aliphatic heterocycles. The van der Waals surface area contributed by atoms with Gasteiger partial charge in [-0.25, -0.2) is 4.79 Å². The lowest BCUT2D eigenvalue weighted by Gasteiger charge is -2.15. The summed E-state index contributed by atoms with van der Waals surface area (Å²) in [6.45, 7) is 5.21. The number of carbonyl (C=O) groups is 3. The smallest absolute Gasteiger partial charge is 0.338 e. The lowest BCUT2D eigenvalue weighted by atomic mass is 10.1. The zero-order valence-corrected chi connectivity index (χ0v) is 16.9. The first-order valence-electron chi connectivity index (χ1n) is 9.37. The molecule has 1 unspecified atom stereocenters. The van der Waals surface area contributed by atoms with Crippen LogP contribution in [0.2, 0.25) is 0 Å². The third-order valence-corrected chi connectivity index (χ3v) is 4.41. The summed E-state index contributed by atoms with van der Waals surface area (Å²) < 4.78 is 10.4. The summed E-state index contributed by atoms with van der Waals surface area (Å²) in [4.78, 5) is 37.0. The second kappa shape index (κ2) is 9.09. The third-order valence-electron chi connectivity index (χ3n) is 4.41. The average molecular weight is 406 g/mol. The van der Waals surface area contributed by atoms with Gasteiger partial charge in [-0.3, -0.25) is 9.59 Å². The molecule has 2 aromatic carbocycles. The molecule has 0 spiro atoms. The Morgan fingerprint density at radius 2 is 1.77 bits per heavy atom. The lowest BCUT2D eigenvalue weighted by molar-refractivity contribution is -0.123. The van der Waals surface area contributed by atoms with E-state index >= 15 is 0 Å². The second-order valence-electron chi connectivity index (χ2n) is 6.87. The van der Waals surface area contributed by atoms with E-state index in [4.69, 9.17) is 9.15 Å². The van der Waals surface area contributed by atoms with Gasteiger partial charge in [-0.15, -0.1) is 0 Å². The van der Waals surface area contributed by atoms with Crippen molar-refractivity contribution in [3.05, 3.63) is 83.3 Å². The molecule has 1 atom stereocenters. The number of hydrogen-bond donors (Lipinski definition) is 2. The highest BCUT2D eigenvalue weighted by Crippen LogP contribution is 2.19. The minimum Gasteiger partial charge on any atom is -0.459 e. The maximum absolute atomic E-state index is 12.5. The minimum atomic E-state index is -1.000. The Hall–Kier alpha value is -3.87. The molecule has 0 saturated heterocycles. The lowest BCUT2D eigenvalue weighted by Crippen LogP contribution is -2.30. The summed E-state index contributed by atoms with van der Waals surface area (Å²) in [6, 6.07) is 15.2. The number of carbonyl (C=O) groups excluding carboxylic acids is 3. The molecule has 0 bridgehead atoms. The van der Waals surface area contributed by atoms with E-state index in [0.29, 0.717) is 11.4 Å². The highest BCUT2D eigenvalue weighted by Gasteiger charge is 2.20. The van der Waals surface area contributed by atoms with E-state index in [1.807, 2.05) is 25.1 Å². The van der Waals surface area contributed by atoms with E-state index in [-0.39, 0.29) is 11.3 Å². The molecule has 30 heavy (non-hydrogen) atoms. The van der Waals surface area contributed by atoms with Crippen LogP contribution in [0.25, 0.3) is 0 Å². The van der Waals surface area contributed by atoms with Crippen molar-refractivity contribution in [1.82, 2.24) is 0 Å². The van der Waals surface area contributed by atoms with Crippen LogP contribution in [0, 0.1) is 13.8 Å². The molecule has 0 aliphatic rings. The van der Waals surface area contributed by atoms with Crippen LogP contribution in [0.5, 0.6) is 0 Å². The molecular formula is C23H22N2O5. The van der Waals surface area contributed by atoms with Crippen molar-refractivity contribution in [3.63, 3.8) is 0 Å². The van der Waals surface area contributed by atoms with Gasteiger partial charge in [0.1, 0.15) is 0 Å². The van der Waals surface area contributed by atoms with Crippen molar-refractivity contribution in [1.29, 1.82) is 0 Å². The Morgan fingerprint density at radius 1 is 0.967 bits per heavy atom. The number of hydrogen-bond acceptors (Lipinski definition) is 5. The summed E-state index contributed by atoms with van der Waals surface area (Å²) in [5.41, 5.74) is 3.05. The summed E-state index contributed by atoms with van der Waals surface area (Å²) >= 11 is 0. The van der Waals surface area contributed by atoms with Gasteiger partial charge in [0, 0.05) is 11.4 Å². The minimum absolute atomic E-state index is 0.156. The van der Waals surface area contributed by atoms with Gasteiger partial charge < -0.3 is 19.8 Å². The number of rotatable bonds is 6. The third kappa shape index (κ3) is 5.14. The van der Waals surface area contributed by atoms with Crippen LogP contribution >= 0.6 is 0 Å². The Morgan fingerprint density at radius 3 is 2.47 bits per heavy atom. The molecule has 0 fully saturated rings. The number of benzene rings is 2. The van der Waals surface area contributed by atoms with Crippen molar-refractivity contribution >= 4 is 29.2 Å². The zero-order valence-electron chi connectivity index (χ0n) is 16.9.